The Kier molecular flexibility index (Phi) is 17.9. The molecule has 0 fully saturated rings. The van der Waals surface area contributed by atoms with Crippen LogP contribution in [-0.4, -0.2) is 109 Å². The van der Waals surface area contributed by atoms with Gasteiger partial charge in [-0.2, -0.15) is 0 Å². The average Bonchev–Trinajstić information content (AvgIpc) is 3.33. The fourth-order valence-corrected chi connectivity index (χ4v) is 5.82. The normalized spacial score (nSPS) is 16.3. The van der Waals surface area contributed by atoms with Gasteiger partial charge in [0.05, 0.1) is 25.2 Å². The predicted octanol–water partition coefficient (Wildman–Crippen LogP) is 3.57. The summed E-state index contributed by atoms with van der Waals surface area (Å²) in [5.41, 5.74) is 0. The van der Waals surface area contributed by atoms with Crippen molar-refractivity contribution in [2.45, 2.75) is 118 Å². The summed E-state index contributed by atoms with van der Waals surface area (Å²) in [6.07, 6.45) is 4.58. The molecule has 0 aromatic carbocycles. The predicted molar refractivity (Wildman–Crippen MR) is 180 cm³/mol. The molecule has 1 aliphatic rings. The first kappa shape index (κ1) is 41.7. The van der Waals surface area contributed by atoms with Crippen molar-refractivity contribution in [1.82, 2.24) is 20.0 Å². The van der Waals surface area contributed by atoms with E-state index in [4.69, 9.17) is 9.47 Å². The van der Waals surface area contributed by atoms with Crippen molar-refractivity contribution in [3.05, 3.63) is 12.2 Å². The maximum absolute atomic E-state index is 14.0. The van der Waals surface area contributed by atoms with Gasteiger partial charge in [-0.25, -0.2) is 0 Å². The molecule has 5 amide bonds. The third-order valence-electron chi connectivity index (χ3n) is 8.77. The molecule has 0 unspecified atom stereocenters. The zero-order valence-electron chi connectivity index (χ0n) is 30.5. The number of methoxy groups -OCH3 is 1. The van der Waals surface area contributed by atoms with Crippen LogP contribution in [0.5, 0.6) is 0 Å². The van der Waals surface area contributed by atoms with E-state index in [1.165, 1.54) is 29.1 Å². The molecule has 268 valence electrons. The molecular formula is C35H60N4O8. The highest BCUT2D eigenvalue weighted by atomic mass is 16.5. The number of amides is 5. The maximum Gasteiger partial charge on any atom is 0.308 e. The zero-order valence-corrected chi connectivity index (χ0v) is 30.5. The van der Waals surface area contributed by atoms with Crippen molar-refractivity contribution in [2.75, 3.05) is 34.4 Å². The number of hydrogen-bond acceptors (Lipinski definition) is 8. The number of carbonyl (C=O) groups excluding carboxylic acids is 6. The molecule has 1 rings (SSSR count). The standard InChI is InChI=1S/C35H60N4O8/c1-12-25(8)33(26(46-11)20-30(43)47-21-22(2)3)38(10)35(45)31(23(4)5)36-34(44)32(24(6)7)37(9)27(40)16-14-13-15-19-39-28(41)17-18-29(39)42/h17-18,22-26,31-33H,12-16,19-21H2,1-11H3,(H,36,44)/t25-,26+,31-,32-,33-/m0/s1. The largest absolute Gasteiger partial charge is 0.465 e. The summed E-state index contributed by atoms with van der Waals surface area (Å²) in [7, 11) is 4.79. The number of ether oxygens (including phenoxy) is 2. The van der Waals surface area contributed by atoms with Gasteiger partial charge in [0, 0.05) is 46.3 Å². The number of imide groups is 1. The maximum atomic E-state index is 14.0. The first-order chi connectivity index (χ1) is 22.0. The molecule has 0 radical (unpaired) electrons. The molecule has 12 nitrogen and oxygen atoms in total. The summed E-state index contributed by atoms with van der Waals surface area (Å²) >= 11 is 0. The van der Waals surface area contributed by atoms with E-state index in [-0.39, 0.29) is 60.1 Å². The monoisotopic (exact) mass is 664 g/mol. The highest BCUT2D eigenvalue weighted by Crippen LogP contribution is 2.24. The van der Waals surface area contributed by atoms with E-state index in [2.05, 4.69) is 5.32 Å². The van der Waals surface area contributed by atoms with Crippen LogP contribution in [0.3, 0.4) is 0 Å². The van der Waals surface area contributed by atoms with Gasteiger partial charge in [0.25, 0.3) is 11.8 Å². The van der Waals surface area contributed by atoms with Crippen molar-refractivity contribution in [3.8, 4) is 0 Å². The third-order valence-corrected chi connectivity index (χ3v) is 8.77. The molecule has 0 saturated carbocycles. The van der Waals surface area contributed by atoms with Crippen LogP contribution in [0, 0.1) is 23.7 Å². The number of esters is 1. The first-order valence-corrected chi connectivity index (χ1v) is 17.0. The molecule has 0 aromatic heterocycles. The summed E-state index contributed by atoms with van der Waals surface area (Å²) in [4.78, 5) is 81.2. The number of hydrogen-bond donors (Lipinski definition) is 1. The molecular weight excluding hydrogens is 604 g/mol. The second kappa shape index (κ2) is 20.2. The third kappa shape index (κ3) is 12.7. The van der Waals surface area contributed by atoms with Gasteiger partial charge < -0.3 is 24.6 Å². The van der Waals surface area contributed by atoms with Crippen molar-refractivity contribution < 1.29 is 38.2 Å². The lowest BCUT2D eigenvalue weighted by Crippen LogP contribution is -2.60. The van der Waals surface area contributed by atoms with Crippen LogP contribution in [0.4, 0.5) is 0 Å². The van der Waals surface area contributed by atoms with Crippen molar-refractivity contribution >= 4 is 35.5 Å². The number of likely N-dealkylation sites (N-methyl/N-ethyl adjacent to an activating group) is 2. The van der Waals surface area contributed by atoms with E-state index in [0.717, 1.165) is 6.42 Å². The summed E-state index contributed by atoms with van der Waals surface area (Å²) in [5.74, 6) is -2.29. The first-order valence-electron chi connectivity index (χ1n) is 17.0. The molecule has 1 heterocycles. The van der Waals surface area contributed by atoms with Crippen LogP contribution < -0.4 is 5.32 Å². The Labute approximate surface area is 281 Å². The fraction of sp³-hybridized carbons (Fsp3) is 0.771. The molecule has 47 heavy (non-hydrogen) atoms. The topological polar surface area (TPSA) is 143 Å². The Hall–Kier alpha value is -3.28. The lowest BCUT2D eigenvalue weighted by Gasteiger charge is -2.40. The Bertz CT molecular complexity index is 1090. The summed E-state index contributed by atoms with van der Waals surface area (Å²) < 4.78 is 11.1. The van der Waals surface area contributed by atoms with Crippen LogP contribution in [0.1, 0.15) is 93.9 Å². The van der Waals surface area contributed by atoms with Crippen molar-refractivity contribution in [3.63, 3.8) is 0 Å². The van der Waals surface area contributed by atoms with Crippen LogP contribution in [0.15, 0.2) is 12.2 Å². The molecule has 0 spiro atoms. The number of nitrogens with zero attached hydrogens (tertiary/aromatic N) is 3. The van der Waals surface area contributed by atoms with Gasteiger partial charge in [-0.15, -0.1) is 0 Å². The van der Waals surface area contributed by atoms with Crippen molar-refractivity contribution in [1.29, 1.82) is 0 Å². The fourth-order valence-electron chi connectivity index (χ4n) is 5.82. The van der Waals surface area contributed by atoms with Gasteiger partial charge in [-0.3, -0.25) is 33.7 Å². The zero-order chi connectivity index (χ0) is 36.0. The van der Waals surface area contributed by atoms with Gasteiger partial charge in [-0.05, 0) is 36.5 Å². The second-order valence-corrected chi connectivity index (χ2v) is 13.8. The Morgan fingerprint density at radius 1 is 0.872 bits per heavy atom. The van der Waals surface area contributed by atoms with Crippen LogP contribution in [0.2, 0.25) is 0 Å². The van der Waals surface area contributed by atoms with E-state index in [1.54, 1.807) is 19.0 Å². The highest BCUT2D eigenvalue weighted by Gasteiger charge is 2.39. The molecule has 0 aliphatic carbocycles. The minimum absolute atomic E-state index is 0.0113. The highest BCUT2D eigenvalue weighted by molar-refractivity contribution is 6.12. The summed E-state index contributed by atoms with van der Waals surface area (Å²) in [6, 6.07) is -2.13. The number of unbranched alkanes of at least 4 members (excludes halogenated alkanes) is 2. The van der Waals surface area contributed by atoms with E-state index in [1.807, 2.05) is 55.4 Å². The second-order valence-electron chi connectivity index (χ2n) is 13.8. The molecule has 0 saturated heterocycles. The Morgan fingerprint density at radius 3 is 1.96 bits per heavy atom. The van der Waals surface area contributed by atoms with E-state index in [9.17, 15) is 28.8 Å². The average molecular weight is 665 g/mol. The molecule has 12 heteroatoms. The van der Waals surface area contributed by atoms with E-state index < -0.39 is 36.1 Å². The summed E-state index contributed by atoms with van der Waals surface area (Å²) in [6.45, 7) is 15.9. The van der Waals surface area contributed by atoms with Crippen molar-refractivity contribution in [2.24, 2.45) is 23.7 Å². The number of nitrogens with one attached hydrogen (secondary N) is 1. The lowest BCUT2D eigenvalue weighted by molar-refractivity contribution is -0.153. The minimum atomic E-state index is -0.875. The van der Waals surface area contributed by atoms with Gasteiger partial charge in [-0.1, -0.05) is 68.2 Å². The van der Waals surface area contributed by atoms with Gasteiger partial charge in [0.15, 0.2) is 0 Å². The Morgan fingerprint density at radius 2 is 1.47 bits per heavy atom. The number of rotatable bonds is 21. The van der Waals surface area contributed by atoms with Crippen LogP contribution >= 0.6 is 0 Å². The SMILES string of the molecule is CC[C@H](C)[C@@H]([C@@H](CC(=O)OCC(C)C)OC)N(C)C(=O)[C@@H](NC(=O)[C@H](C(C)C)N(C)C(=O)CCCCCN1C(=O)C=CC1=O)C(C)C. The molecule has 0 aromatic rings. The molecule has 0 bridgehead atoms. The number of carbonyl (C=O) groups is 6. The van der Waals surface area contributed by atoms with Crippen LogP contribution in [-0.2, 0) is 38.2 Å². The smallest absolute Gasteiger partial charge is 0.308 e. The van der Waals surface area contributed by atoms with E-state index in [0.29, 0.717) is 32.4 Å². The molecule has 1 N–H and O–H groups in total. The molecule has 1 aliphatic heterocycles. The van der Waals surface area contributed by atoms with Crippen LogP contribution in [0.25, 0.3) is 0 Å². The quantitative estimate of drug-likeness (QED) is 0.112. The van der Waals surface area contributed by atoms with Gasteiger partial charge >= 0.3 is 5.97 Å². The molecule has 5 atom stereocenters. The van der Waals surface area contributed by atoms with Gasteiger partial charge in [0.1, 0.15) is 12.1 Å². The summed E-state index contributed by atoms with van der Waals surface area (Å²) in [5, 5.41) is 2.94. The Balaban J connectivity index is 2.97. The van der Waals surface area contributed by atoms with Gasteiger partial charge in [0.2, 0.25) is 17.7 Å². The lowest BCUT2D eigenvalue weighted by atomic mass is 9.90. The van der Waals surface area contributed by atoms with E-state index >= 15 is 0 Å². The minimum Gasteiger partial charge on any atom is -0.465 e.